The molecule has 0 aromatic carbocycles. The van der Waals surface area contributed by atoms with E-state index >= 15 is 0 Å². The number of carbonyl (C=O) groups excluding carboxylic acids is 1. The minimum absolute atomic E-state index is 0.217. The van der Waals surface area contributed by atoms with Crippen LogP contribution in [0, 0.1) is 23.2 Å². The lowest BCUT2D eigenvalue weighted by molar-refractivity contribution is 0.127. The summed E-state index contributed by atoms with van der Waals surface area (Å²) in [5, 5.41) is 0.217. The average Bonchev–Trinajstić information content (AvgIpc) is 3.04. The summed E-state index contributed by atoms with van der Waals surface area (Å²) in [6.45, 7) is 17.2. The molecule has 142 valence electrons. The number of nitrogens with zero attached hydrogens (tertiary/aromatic N) is 1. The van der Waals surface area contributed by atoms with E-state index in [1.807, 2.05) is 0 Å². The monoisotopic (exact) mass is 363 g/mol. The van der Waals surface area contributed by atoms with Crippen molar-refractivity contribution < 1.29 is 9.22 Å². The predicted molar refractivity (Wildman–Crippen MR) is 109 cm³/mol. The van der Waals surface area contributed by atoms with Crippen LogP contribution in [0.4, 0.5) is 4.79 Å². The molecule has 5 unspecified atom stereocenters. The summed E-state index contributed by atoms with van der Waals surface area (Å²) < 4.78 is 6.66. The van der Waals surface area contributed by atoms with E-state index in [-0.39, 0.29) is 16.9 Å². The van der Waals surface area contributed by atoms with Gasteiger partial charge in [-0.1, -0.05) is 41.0 Å². The van der Waals surface area contributed by atoms with Crippen LogP contribution in [0.2, 0.25) is 18.1 Å². The normalized spacial score (nSPS) is 41.1. The second-order valence-corrected chi connectivity index (χ2v) is 15.5. The molecule has 2 saturated carbocycles. The van der Waals surface area contributed by atoms with Crippen LogP contribution in [0.3, 0.4) is 0 Å². The van der Waals surface area contributed by atoms with Crippen molar-refractivity contribution in [2.45, 2.75) is 90.5 Å². The Balaban J connectivity index is 1.91. The molecule has 25 heavy (non-hydrogen) atoms. The van der Waals surface area contributed by atoms with Gasteiger partial charge in [-0.25, -0.2) is 0 Å². The van der Waals surface area contributed by atoms with Crippen molar-refractivity contribution in [2.75, 3.05) is 6.61 Å². The first kappa shape index (κ1) is 19.5. The van der Waals surface area contributed by atoms with E-state index in [0.717, 1.165) is 12.5 Å². The summed E-state index contributed by atoms with van der Waals surface area (Å²) >= 11 is 0. The standard InChI is InChI=1S/C20H38BNO2Si/c1-13-11-14(2)20-10-8-9-16(20)22(18(21)23)15(17(13)20)12-24-25(6,7)19(3,4)5/h13-17H,8-12,21H2,1-7H3/t13?,14?,15-,16?,17?,20?/m1/s1. The molecule has 6 atom stereocenters. The lowest BCUT2D eigenvalue weighted by Gasteiger charge is -2.40. The molecular formula is C20H38BNO2Si. The van der Waals surface area contributed by atoms with Gasteiger partial charge in [0.2, 0.25) is 7.85 Å². The number of amides is 1. The summed E-state index contributed by atoms with van der Waals surface area (Å²) in [5.74, 6) is 2.33. The molecular weight excluding hydrogens is 325 g/mol. The first-order chi connectivity index (χ1) is 11.4. The highest BCUT2D eigenvalue weighted by Crippen LogP contribution is 2.66. The molecule has 0 aromatic rings. The lowest BCUT2D eigenvalue weighted by Crippen LogP contribution is -2.49. The lowest BCUT2D eigenvalue weighted by atomic mass is 9.69. The highest BCUT2D eigenvalue weighted by Gasteiger charge is 2.67. The van der Waals surface area contributed by atoms with E-state index in [0.29, 0.717) is 23.3 Å². The smallest absolute Gasteiger partial charge is 0.215 e. The highest BCUT2D eigenvalue weighted by molar-refractivity contribution is 6.74. The molecule has 1 saturated heterocycles. The molecule has 1 spiro atoms. The fourth-order valence-electron chi connectivity index (χ4n) is 6.47. The molecule has 2 aliphatic carbocycles. The third-order valence-corrected chi connectivity index (χ3v) is 13.0. The molecule has 1 aliphatic heterocycles. The number of likely N-dealkylation sites (tertiary alicyclic amines) is 1. The Kier molecular flexibility index (Phi) is 4.77. The van der Waals surface area contributed by atoms with Crippen molar-refractivity contribution in [2.24, 2.45) is 23.2 Å². The Morgan fingerprint density at radius 1 is 1.32 bits per heavy atom. The Morgan fingerprint density at radius 3 is 2.52 bits per heavy atom. The zero-order chi connectivity index (χ0) is 18.8. The number of hydrogen-bond acceptors (Lipinski definition) is 2. The molecule has 1 amide bonds. The maximum atomic E-state index is 12.6. The zero-order valence-electron chi connectivity index (χ0n) is 17.7. The summed E-state index contributed by atoms with van der Waals surface area (Å²) in [6.07, 6.45) is 5.12. The molecule has 0 N–H and O–H groups in total. The van der Waals surface area contributed by atoms with E-state index in [1.165, 1.54) is 25.7 Å². The quantitative estimate of drug-likeness (QED) is 0.701. The first-order valence-electron chi connectivity index (χ1n) is 10.4. The number of carbonyl (C=O) groups is 1. The van der Waals surface area contributed by atoms with Gasteiger partial charge in [0.05, 0.1) is 12.6 Å². The third-order valence-electron chi connectivity index (χ3n) is 8.48. The molecule has 0 bridgehead atoms. The van der Waals surface area contributed by atoms with Gasteiger partial charge in [-0.05, 0) is 60.6 Å². The van der Waals surface area contributed by atoms with Crippen LogP contribution < -0.4 is 0 Å². The summed E-state index contributed by atoms with van der Waals surface area (Å²) in [6, 6.07) is 0.750. The largest absolute Gasteiger partial charge is 0.415 e. The van der Waals surface area contributed by atoms with Crippen molar-refractivity contribution in [3.63, 3.8) is 0 Å². The van der Waals surface area contributed by atoms with Crippen molar-refractivity contribution in [3.05, 3.63) is 0 Å². The second-order valence-electron chi connectivity index (χ2n) is 10.7. The minimum atomic E-state index is -1.80. The fraction of sp³-hybridized carbons (Fsp3) is 0.950. The third kappa shape index (κ3) is 2.75. The van der Waals surface area contributed by atoms with Crippen LogP contribution in [0.25, 0.3) is 0 Å². The van der Waals surface area contributed by atoms with Gasteiger partial charge in [0, 0.05) is 6.04 Å². The molecule has 0 radical (unpaired) electrons. The van der Waals surface area contributed by atoms with Gasteiger partial charge in [0.25, 0.3) is 0 Å². The van der Waals surface area contributed by atoms with Crippen LogP contribution >= 0.6 is 0 Å². The molecule has 3 fully saturated rings. The summed E-state index contributed by atoms with van der Waals surface area (Å²) in [4.78, 5) is 14.9. The number of rotatable bonds is 3. The van der Waals surface area contributed by atoms with Gasteiger partial charge < -0.3 is 9.33 Å². The van der Waals surface area contributed by atoms with Crippen LogP contribution in [0.15, 0.2) is 0 Å². The molecule has 0 aromatic heterocycles. The Bertz CT molecular complexity index is 546. The van der Waals surface area contributed by atoms with E-state index < -0.39 is 8.32 Å². The molecule has 5 heteroatoms. The van der Waals surface area contributed by atoms with Gasteiger partial charge in [-0.2, -0.15) is 0 Å². The molecule has 3 nitrogen and oxygen atoms in total. The Morgan fingerprint density at radius 2 is 1.96 bits per heavy atom. The van der Waals surface area contributed by atoms with Gasteiger partial charge in [-0.3, -0.25) is 4.79 Å². The van der Waals surface area contributed by atoms with Crippen molar-refractivity contribution in [1.82, 2.24) is 4.90 Å². The minimum Gasteiger partial charge on any atom is -0.415 e. The zero-order valence-corrected chi connectivity index (χ0v) is 18.7. The maximum Gasteiger partial charge on any atom is 0.215 e. The molecule has 3 rings (SSSR count). The van der Waals surface area contributed by atoms with Crippen LogP contribution in [-0.4, -0.2) is 45.6 Å². The van der Waals surface area contributed by atoms with E-state index in [9.17, 15) is 4.79 Å². The topological polar surface area (TPSA) is 29.5 Å². The Hall–Kier alpha value is -0.288. The highest BCUT2D eigenvalue weighted by atomic mass is 28.4. The van der Waals surface area contributed by atoms with E-state index in [4.69, 9.17) is 4.43 Å². The summed E-state index contributed by atoms with van der Waals surface area (Å²) in [7, 11) is -0.0168. The van der Waals surface area contributed by atoms with E-state index in [1.54, 1.807) is 7.85 Å². The van der Waals surface area contributed by atoms with Gasteiger partial charge in [0.1, 0.15) is 0 Å². The maximum absolute atomic E-state index is 12.6. The molecule has 3 aliphatic rings. The average molecular weight is 363 g/mol. The first-order valence-corrected chi connectivity index (χ1v) is 13.3. The second kappa shape index (κ2) is 6.12. The van der Waals surface area contributed by atoms with Crippen molar-refractivity contribution in [3.8, 4) is 0 Å². The fourth-order valence-corrected chi connectivity index (χ4v) is 7.49. The van der Waals surface area contributed by atoms with Crippen LogP contribution in [0.1, 0.15) is 60.3 Å². The SMILES string of the molecule is BC(=O)N1C2CCCC23C(C)CC(C)C3[C@H]1CO[Si](C)(C)C(C)(C)C. The van der Waals surface area contributed by atoms with Crippen molar-refractivity contribution in [1.29, 1.82) is 0 Å². The van der Waals surface area contributed by atoms with Crippen LogP contribution in [-0.2, 0) is 4.43 Å². The summed E-state index contributed by atoms with van der Waals surface area (Å²) in [5.41, 5.74) is 0.368. The van der Waals surface area contributed by atoms with Gasteiger partial charge in [0.15, 0.2) is 14.1 Å². The molecule has 1 heterocycles. The van der Waals surface area contributed by atoms with Crippen LogP contribution in [0.5, 0.6) is 0 Å². The van der Waals surface area contributed by atoms with Crippen molar-refractivity contribution >= 4 is 22.0 Å². The van der Waals surface area contributed by atoms with Gasteiger partial charge in [-0.15, -0.1) is 0 Å². The van der Waals surface area contributed by atoms with Gasteiger partial charge >= 0.3 is 0 Å². The predicted octanol–water partition coefficient (Wildman–Crippen LogP) is 4.28. The number of hydrogen-bond donors (Lipinski definition) is 0. The Labute approximate surface area is 156 Å². The van der Waals surface area contributed by atoms with E-state index in [2.05, 4.69) is 52.6 Å².